The third-order valence-electron chi connectivity index (χ3n) is 4.79. The minimum absolute atomic E-state index is 0.0496. The Morgan fingerprint density at radius 3 is 2.82 bits per heavy atom. The van der Waals surface area contributed by atoms with Crippen molar-refractivity contribution in [3.8, 4) is 0 Å². The molecule has 1 aliphatic heterocycles. The number of hydrogen-bond acceptors (Lipinski definition) is 3. The zero-order chi connectivity index (χ0) is 15.9. The van der Waals surface area contributed by atoms with E-state index in [2.05, 4.69) is 10.3 Å². The Bertz CT molecular complexity index is 672. The van der Waals surface area contributed by atoms with Crippen LogP contribution >= 0.6 is 11.6 Å². The molecule has 1 aliphatic carbocycles. The summed E-state index contributed by atoms with van der Waals surface area (Å²) in [7, 11) is 1.71. The number of hydrogen-bond donors (Lipinski definition) is 2. The predicted molar refractivity (Wildman–Crippen MR) is 81.8 cm³/mol. The molecule has 6 nitrogen and oxygen atoms in total. The maximum absolute atomic E-state index is 12.5. The molecule has 1 aromatic heterocycles. The Hall–Kier alpha value is -1.82. The normalized spacial score (nSPS) is 27.2. The fourth-order valence-electron chi connectivity index (χ4n) is 3.52. The first kappa shape index (κ1) is 15.1. The number of aromatic amines is 1. The van der Waals surface area contributed by atoms with Gasteiger partial charge in [-0.05, 0) is 30.7 Å². The lowest BCUT2D eigenvalue weighted by Gasteiger charge is -2.24. The second kappa shape index (κ2) is 5.76. The third kappa shape index (κ3) is 2.75. The molecular weight excluding hydrogens is 306 g/mol. The van der Waals surface area contributed by atoms with Gasteiger partial charge < -0.3 is 15.2 Å². The molecule has 7 heteroatoms. The number of amides is 2. The van der Waals surface area contributed by atoms with E-state index in [1.165, 1.54) is 12.3 Å². The van der Waals surface area contributed by atoms with E-state index in [0.717, 1.165) is 12.8 Å². The van der Waals surface area contributed by atoms with E-state index in [1.807, 2.05) is 0 Å². The molecule has 1 saturated heterocycles. The smallest absolute Gasteiger partial charge is 0.260 e. The molecule has 0 bridgehead atoms. The SMILES string of the molecule is CN(C(=O)c1cc(Cl)c[nH]c1=O)[C@H]1C[C@H]2CNC(=O)C[C@H]2C1. The summed E-state index contributed by atoms with van der Waals surface area (Å²) in [5.74, 6) is 0.496. The molecule has 3 atom stereocenters. The summed E-state index contributed by atoms with van der Waals surface area (Å²) in [6.07, 6.45) is 3.55. The van der Waals surface area contributed by atoms with Gasteiger partial charge in [0.25, 0.3) is 11.5 Å². The molecule has 1 saturated carbocycles. The molecule has 118 valence electrons. The summed E-state index contributed by atoms with van der Waals surface area (Å²) in [6.45, 7) is 0.680. The summed E-state index contributed by atoms with van der Waals surface area (Å²) >= 11 is 5.85. The van der Waals surface area contributed by atoms with Gasteiger partial charge in [0.2, 0.25) is 5.91 Å². The summed E-state index contributed by atoms with van der Waals surface area (Å²) in [6, 6.07) is 1.44. The van der Waals surface area contributed by atoms with E-state index >= 15 is 0 Å². The summed E-state index contributed by atoms with van der Waals surface area (Å²) in [4.78, 5) is 39.9. The largest absolute Gasteiger partial charge is 0.356 e. The lowest BCUT2D eigenvalue weighted by molar-refractivity contribution is -0.124. The molecule has 0 spiro atoms. The van der Waals surface area contributed by atoms with Crippen LogP contribution < -0.4 is 10.9 Å². The Balaban J connectivity index is 1.75. The second-order valence-electron chi connectivity index (χ2n) is 6.13. The molecule has 0 aromatic carbocycles. The van der Waals surface area contributed by atoms with E-state index in [0.29, 0.717) is 29.8 Å². The lowest BCUT2D eigenvalue weighted by Crippen LogP contribution is -2.38. The first-order valence-electron chi connectivity index (χ1n) is 7.38. The Morgan fingerprint density at radius 1 is 1.32 bits per heavy atom. The number of rotatable bonds is 2. The van der Waals surface area contributed by atoms with Gasteiger partial charge in [-0.15, -0.1) is 0 Å². The maximum Gasteiger partial charge on any atom is 0.260 e. The number of nitrogens with one attached hydrogen (secondary N) is 2. The quantitative estimate of drug-likeness (QED) is 0.852. The van der Waals surface area contributed by atoms with Crippen LogP contribution in [-0.4, -0.2) is 41.3 Å². The predicted octanol–water partition coefficient (Wildman–Crippen LogP) is 1.01. The Labute approximate surface area is 132 Å². The molecule has 0 radical (unpaired) electrons. The van der Waals surface area contributed by atoms with Crippen LogP contribution in [0.4, 0.5) is 0 Å². The highest BCUT2D eigenvalue weighted by atomic mass is 35.5. The third-order valence-corrected chi connectivity index (χ3v) is 5.01. The molecule has 1 aromatic rings. The number of piperidine rings is 1. The van der Waals surface area contributed by atoms with Crippen molar-refractivity contribution < 1.29 is 9.59 Å². The maximum atomic E-state index is 12.5. The highest BCUT2D eigenvalue weighted by Crippen LogP contribution is 2.38. The van der Waals surface area contributed by atoms with Gasteiger partial charge in [-0.25, -0.2) is 0 Å². The minimum atomic E-state index is -0.437. The first-order chi connectivity index (χ1) is 10.5. The van der Waals surface area contributed by atoms with Crippen LogP contribution in [0.5, 0.6) is 0 Å². The van der Waals surface area contributed by atoms with Crippen LogP contribution in [0.15, 0.2) is 17.1 Å². The highest BCUT2D eigenvalue weighted by Gasteiger charge is 2.40. The van der Waals surface area contributed by atoms with Gasteiger partial charge in [0.05, 0.1) is 5.02 Å². The van der Waals surface area contributed by atoms with E-state index in [-0.39, 0.29) is 23.4 Å². The van der Waals surface area contributed by atoms with Crippen molar-refractivity contribution in [1.82, 2.24) is 15.2 Å². The zero-order valence-electron chi connectivity index (χ0n) is 12.3. The second-order valence-corrected chi connectivity index (χ2v) is 6.57. The van der Waals surface area contributed by atoms with E-state index in [1.54, 1.807) is 11.9 Å². The molecule has 2 fully saturated rings. The summed E-state index contributed by atoms with van der Waals surface area (Å²) in [5.41, 5.74) is -0.382. The molecule has 3 rings (SSSR count). The Kier molecular flexibility index (Phi) is 3.95. The van der Waals surface area contributed by atoms with Crippen molar-refractivity contribution >= 4 is 23.4 Å². The number of aromatic nitrogens is 1. The van der Waals surface area contributed by atoms with E-state index in [4.69, 9.17) is 11.6 Å². The van der Waals surface area contributed by atoms with Gasteiger partial charge >= 0.3 is 0 Å². The number of carbonyl (C=O) groups excluding carboxylic acids is 2. The number of carbonyl (C=O) groups is 2. The van der Waals surface area contributed by atoms with Gasteiger partial charge in [-0.3, -0.25) is 14.4 Å². The minimum Gasteiger partial charge on any atom is -0.356 e. The molecule has 2 heterocycles. The van der Waals surface area contributed by atoms with Gasteiger partial charge in [-0.2, -0.15) is 0 Å². The molecule has 22 heavy (non-hydrogen) atoms. The number of pyridine rings is 1. The number of fused-ring (bicyclic) bond motifs is 1. The van der Waals surface area contributed by atoms with Crippen LogP contribution in [0.3, 0.4) is 0 Å². The highest BCUT2D eigenvalue weighted by molar-refractivity contribution is 6.30. The first-order valence-corrected chi connectivity index (χ1v) is 7.75. The van der Waals surface area contributed by atoms with Gasteiger partial charge in [-0.1, -0.05) is 11.6 Å². The van der Waals surface area contributed by atoms with Crippen LogP contribution in [0.2, 0.25) is 5.02 Å². The summed E-state index contributed by atoms with van der Waals surface area (Å²) in [5, 5.41) is 3.20. The lowest BCUT2D eigenvalue weighted by atomic mass is 9.89. The molecular formula is C15H18ClN3O3. The molecule has 2 aliphatic rings. The van der Waals surface area contributed by atoms with E-state index < -0.39 is 5.56 Å². The van der Waals surface area contributed by atoms with Crippen LogP contribution in [0.25, 0.3) is 0 Å². The number of nitrogens with zero attached hydrogens (tertiary/aromatic N) is 1. The van der Waals surface area contributed by atoms with Crippen molar-refractivity contribution in [3.05, 3.63) is 33.2 Å². The van der Waals surface area contributed by atoms with Crippen LogP contribution in [-0.2, 0) is 4.79 Å². The van der Waals surface area contributed by atoms with Gasteiger partial charge in [0.15, 0.2) is 0 Å². The molecule has 2 N–H and O–H groups in total. The molecule has 2 amide bonds. The van der Waals surface area contributed by atoms with Gasteiger partial charge in [0.1, 0.15) is 5.56 Å². The van der Waals surface area contributed by atoms with Crippen LogP contribution in [0, 0.1) is 11.8 Å². The van der Waals surface area contributed by atoms with Gasteiger partial charge in [0, 0.05) is 32.3 Å². The van der Waals surface area contributed by atoms with Crippen molar-refractivity contribution in [2.24, 2.45) is 11.8 Å². The fourth-order valence-corrected chi connectivity index (χ4v) is 3.69. The number of halogens is 1. The standard InChI is InChI=1S/C15H18ClN3O3/c1-19(15(22)12-5-10(16)7-18-14(12)21)11-2-8-4-13(20)17-6-9(8)3-11/h5,7-9,11H,2-4,6H2,1H3,(H,17,20)(H,18,21)/t8-,9+,11-/m1/s1. The van der Waals surface area contributed by atoms with Crippen molar-refractivity contribution in [2.45, 2.75) is 25.3 Å². The van der Waals surface area contributed by atoms with Crippen molar-refractivity contribution in [1.29, 1.82) is 0 Å². The zero-order valence-corrected chi connectivity index (χ0v) is 13.0. The van der Waals surface area contributed by atoms with Crippen molar-refractivity contribution in [3.63, 3.8) is 0 Å². The van der Waals surface area contributed by atoms with E-state index in [9.17, 15) is 14.4 Å². The molecule has 0 unspecified atom stereocenters. The Morgan fingerprint density at radius 2 is 2.05 bits per heavy atom. The fraction of sp³-hybridized carbons (Fsp3) is 0.533. The number of H-pyrrole nitrogens is 1. The average molecular weight is 324 g/mol. The van der Waals surface area contributed by atoms with Crippen molar-refractivity contribution in [2.75, 3.05) is 13.6 Å². The van der Waals surface area contributed by atoms with Crippen LogP contribution in [0.1, 0.15) is 29.6 Å². The average Bonchev–Trinajstić information content (AvgIpc) is 2.91. The topological polar surface area (TPSA) is 82.3 Å². The monoisotopic (exact) mass is 323 g/mol. The summed E-state index contributed by atoms with van der Waals surface area (Å²) < 4.78 is 0.